The standard InChI is InChI=1S/C11H20N2OS/c1-4-11-12-7-10(15-11)8-13(5-6-14)9(2)3/h7,9,14H,4-6,8H2,1-3H3. The van der Waals surface area contributed by atoms with Gasteiger partial charge in [0.1, 0.15) is 0 Å². The zero-order valence-electron chi connectivity index (χ0n) is 9.73. The molecule has 0 aliphatic heterocycles. The van der Waals surface area contributed by atoms with Crippen LogP contribution in [0.4, 0.5) is 0 Å². The molecule has 1 aromatic heterocycles. The number of aryl methyl sites for hydroxylation is 1. The van der Waals surface area contributed by atoms with Crippen LogP contribution in [0.3, 0.4) is 0 Å². The Kier molecular flexibility index (Phi) is 5.22. The number of nitrogens with zero attached hydrogens (tertiary/aromatic N) is 2. The molecule has 0 aliphatic rings. The molecular weight excluding hydrogens is 208 g/mol. The highest BCUT2D eigenvalue weighted by Crippen LogP contribution is 2.16. The molecule has 0 bridgehead atoms. The van der Waals surface area contributed by atoms with E-state index in [1.165, 1.54) is 9.88 Å². The molecule has 0 fully saturated rings. The van der Waals surface area contributed by atoms with Crippen molar-refractivity contribution < 1.29 is 5.11 Å². The number of aliphatic hydroxyl groups excluding tert-OH is 1. The van der Waals surface area contributed by atoms with E-state index in [9.17, 15) is 0 Å². The van der Waals surface area contributed by atoms with Gasteiger partial charge in [-0.25, -0.2) is 4.98 Å². The van der Waals surface area contributed by atoms with Crippen molar-refractivity contribution in [2.45, 2.75) is 39.8 Å². The molecule has 15 heavy (non-hydrogen) atoms. The average molecular weight is 228 g/mol. The Morgan fingerprint density at radius 2 is 2.27 bits per heavy atom. The Labute approximate surface area is 95.8 Å². The van der Waals surface area contributed by atoms with Gasteiger partial charge in [-0.15, -0.1) is 11.3 Å². The first kappa shape index (κ1) is 12.6. The van der Waals surface area contributed by atoms with E-state index in [0.717, 1.165) is 19.5 Å². The number of aliphatic hydroxyl groups is 1. The van der Waals surface area contributed by atoms with Crippen LogP contribution >= 0.6 is 11.3 Å². The van der Waals surface area contributed by atoms with Gasteiger partial charge >= 0.3 is 0 Å². The summed E-state index contributed by atoms with van der Waals surface area (Å²) in [4.78, 5) is 7.88. The van der Waals surface area contributed by atoms with Crippen LogP contribution in [-0.2, 0) is 13.0 Å². The van der Waals surface area contributed by atoms with E-state index in [0.29, 0.717) is 6.04 Å². The third kappa shape index (κ3) is 3.89. The molecular formula is C11H20N2OS. The topological polar surface area (TPSA) is 36.4 Å². The molecule has 0 atom stereocenters. The van der Waals surface area contributed by atoms with Gasteiger partial charge in [0.15, 0.2) is 0 Å². The van der Waals surface area contributed by atoms with Crippen LogP contribution in [0.5, 0.6) is 0 Å². The lowest BCUT2D eigenvalue weighted by atomic mass is 10.3. The van der Waals surface area contributed by atoms with Crippen LogP contribution in [0.25, 0.3) is 0 Å². The second kappa shape index (κ2) is 6.20. The number of hydrogen-bond donors (Lipinski definition) is 1. The largest absolute Gasteiger partial charge is 0.395 e. The fourth-order valence-electron chi connectivity index (χ4n) is 1.43. The third-order valence-corrected chi connectivity index (χ3v) is 3.51. The van der Waals surface area contributed by atoms with Gasteiger partial charge in [0.05, 0.1) is 11.6 Å². The van der Waals surface area contributed by atoms with E-state index in [-0.39, 0.29) is 6.61 Å². The molecule has 3 nitrogen and oxygen atoms in total. The van der Waals surface area contributed by atoms with E-state index >= 15 is 0 Å². The highest BCUT2D eigenvalue weighted by atomic mass is 32.1. The molecule has 1 rings (SSSR count). The summed E-state index contributed by atoms with van der Waals surface area (Å²) in [6.45, 7) is 8.27. The highest BCUT2D eigenvalue weighted by Gasteiger charge is 2.11. The summed E-state index contributed by atoms with van der Waals surface area (Å²) in [7, 11) is 0. The molecule has 0 spiro atoms. The molecule has 4 heteroatoms. The molecule has 0 radical (unpaired) electrons. The van der Waals surface area contributed by atoms with Gasteiger partial charge in [0, 0.05) is 30.2 Å². The monoisotopic (exact) mass is 228 g/mol. The normalized spacial score (nSPS) is 11.6. The van der Waals surface area contributed by atoms with E-state index < -0.39 is 0 Å². The zero-order chi connectivity index (χ0) is 11.3. The van der Waals surface area contributed by atoms with Gasteiger partial charge in [0.2, 0.25) is 0 Å². The number of aromatic nitrogens is 1. The number of thiazole rings is 1. The van der Waals surface area contributed by atoms with Crippen LogP contribution in [0.1, 0.15) is 30.7 Å². The van der Waals surface area contributed by atoms with Crippen molar-refractivity contribution >= 4 is 11.3 Å². The quantitative estimate of drug-likeness (QED) is 0.808. The average Bonchev–Trinajstić information content (AvgIpc) is 2.65. The minimum absolute atomic E-state index is 0.220. The summed E-state index contributed by atoms with van der Waals surface area (Å²) in [5.74, 6) is 0. The van der Waals surface area contributed by atoms with Crippen molar-refractivity contribution in [3.63, 3.8) is 0 Å². The molecule has 1 heterocycles. The molecule has 0 saturated carbocycles. The van der Waals surface area contributed by atoms with Crippen LogP contribution < -0.4 is 0 Å². The molecule has 0 aromatic carbocycles. The Hall–Kier alpha value is -0.450. The molecule has 1 aromatic rings. The lowest BCUT2D eigenvalue weighted by Crippen LogP contribution is -2.32. The van der Waals surface area contributed by atoms with Gasteiger partial charge in [-0.1, -0.05) is 6.92 Å². The third-order valence-electron chi connectivity index (χ3n) is 2.38. The Balaban J connectivity index is 2.57. The van der Waals surface area contributed by atoms with Crippen molar-refractivity contribution in [3.05, 3.63) is 16.1 Å². The van der Waals surface area contributed by atoms with Crippen molar-refractivity contribution in [2.75, 3.05) is 13.2 Å². The van der Waals surface area contributed by atoms with Crippen LogP contribution in [0.15, 0.2) is 6.20 Å². The van der Waals surface area contributed by atoms with Crippen LogP contribution in [0, 0.1) is 0 Å². The predicted octanol–water partition coefficient (Wildman–Crippen LogP) is 1.91. The van der Waals surface area contributed by atoms with Crippen molar-refractivity contribution in [2.24, 2.45) is 0 Å². The summed E-state index contributed by atoms with van der Waals surface area (Å²) >= 11 is 1.77. The van der Waals surface area contributed by atoms with Crippen LogP contribution in [-0.4, -0.2) is 34.2 Å². The summed E-state index contributed by atoms with van der Waals surface area (Å²) in [5.41, 5.74) is 0. The Morgan fingerprint density at radius 1 is 1.53 bits per heavy atom. The van der Waals surface area contributed by atoms with Gasteiger partial charge < -0.3 is 5.11 Å². The zero-order valence-corrected chi connectivity index (χ0v) is 10.5. The maximum atomic E-state index is 8.96. The lowest BCUT2D eigenvalue weighted by molar-refractivity contribution is 0.160. The maximum absolute atomic E-state index is 8.96. The fourth-order valence-corrected chi connectivity index (χ4v) is 2.32. The smallest absolute Gasteiger partial charge is 0.0925 e. The summed E-state index contributed by atoms with van der Waals surface area (Å²) in [6, 6.07) is 0.462. The Morgan fingerprint density at radius 3 is 2.73 bits per heavy atom. The number of hydrogen-bond acceptors (Lipinski definition) is 4. The SMILES string of the molecule is CCc1ncc(CN(CCO)C(C)C)s1. The van der Waals surface area contributed by atoms with Crippen molar-refractivity contribution in [3.8, 4) is 0 Å². The first-order valence-electron chi connectivity index (χ1n) is 5.45. The highest BCUT2D eigenvalue weighted by molar-refractivity contribution is 7.11. The molecule has 0 aliphatic carbocycles. The van der Waals surface area contributed by atoms with E-state index in [2.05, 4.69) is 30.7 Å². The van der Waals surface area contributed by atoms with Gasteiger partial charge in [0.25, 0.3) is 0 Å². The summed E-state index contributed by atoms with van der Waals surface area (Å²) < 4.78 is 0. The van der Waals surface area contributed by atoms with Gasteiger partial charge in [-0.3, -0.25) is 4.90 Å². The second-order valence-corrected chi connectivity index (χ2v) is 5.06. The van der Waals surface area contributed by atoms with Gasteiger partial charge in [-0.05, 0) is 20.3 Å². The minimum atomic E-state index is 0.220. The number of rotatable bonds is 6. The second-order valence-electron chi connectivity index (χ2n) is 3.86. The molecule has 0 saturated heterocycles. The van der Waals surface area contributed by atoms with E-state index in [4.69, 9.17) is 5.11 Å². The predicted molar refractivity (Wildman–Crippen MR) is 64.1 cm³/mol. The molecule has 0 unspecified atom stereocenters. The minimum Gasteiger partial charge on any atom is -0.395 e. The van der Waals surface area contributed by atoms with E-state index in [1.54, 1.807) is 11.3 Å². The molecule has 0 amide bonds. The van der Waals surface area contributed by atoms with E-state index in [1.807, 2.05) is 6.20 Å². The molecule has 86 valence electrons. The first-order chi connectivity index (χ1) is 7.17. The van der Waals surface area contributed by atoms with Crippen molar-refractivity contribution in [1.29, 1.82) is 0 Å². The van der Waals surface area contributed by atoms with Crippen LogP contribution in [0.2, 0.25) is 0 Å². The maximum Gasteiger partial charge on any atom is 0.0925 e. The molecule has 1 N–H and O–H groups in total. The lowest BCUT2D eigenvalue weighted by Gasteiger charge is -2.24. The fraction of sp³-hybridized carbons (Fsp3) is 0.727. The summed E-state index contributed by atoms with van der Waals surface area (Å²) in [5, 5.41) is 10.2. The van der Waals surface area contributed by atoms with Gasteiger partial charge in [-0.2, -0.15) is 0 Å². The summed E-state index contributed by atoms with van der Waals surface area (Å²) in [6.07, 6.45) is 2.96. The first-order valence-corrected chi connectivity index (χ1v) is 6.27. The van der Waals surface area contributed by atoms with Crippen molar-refractivity contribution in [1.82, 2.24) is 9.88 Å². The Bertz CT molecular complexity index is 286.